The highest BCUT2D eigenvalue weighted by Gasteiger charge is 2.20. The molecule has 3 aromatic rings. The predicted octanol–water partition coefficient (Wildman–Crippen LogP) is 0.530. The van der Waals surface area contributed by atoms with Gasteiger partial charge < -0.3 is 20.7 Å². The second-order valence-corrected chi connectivity index (χ2v) is 6.29. The Labute approximate surface area is 154 Å². The van der Waals surface area contributed by atoms with Gasteiger partial charge in [-0.3, -0.25) is 9.47 Å². The van der Waals surface area contributed by atoms with E-state index >= 15 is 0 Å². The first-order valence-electron chi connectivity index (χ1n) is 8.50. The van der Waals surface area contributed by atoms with Crippen LogP contribution in [0.15, 0.2) is 47.5 Å². The van der Waals surface area contributed by atoms with Crippen molar-refractivity contribution in [3.8, 4) is 0 Å². The van der Waals surface area contributed by atoms with Crippen LogP contribution in [-0.4, -0.2) is 51.9 Å². The maximum Gasteiger partial charge on any atom is 0.341 e. The van der Waals surface area contributed by atoms with Crippen molar-refractivity contribution in [1.29, 1.82) is 0 Å². The van der Waals surface area contributed by atoms with E-state index in [4.69, 9.17) is 10.9 Å². The molecule has 0 bridgehead atoms. The van der Waals surface area contributed by atoms with Crippen LogP contribution < -0.4 is 21.1 Å². The fourth-order valence-corrected chi connectivity index (χ4v) is 3.25. The molecule has 0 saturated carbocycles. The number of pyridine rings is 3. The lowest BCUT2D eigenvalue weighted by Gasteiger charge is -2.36. The Morgan fingerprint density at radius 2 is 1.74 bits per heavy atom. The number of carboxylic acid groups (broad SMARTS) is 1. The minimum absolute atomic E-state index is 0.188. The van der Waals surface area contributed by atoms with Crippen LogP contribution in [0.2, 0.25) is 0 Å². The van der Waals surface area contributed by atoms with Gasteiger partial charge in [-0.25, -0.2) is 14.8 Å². The summed E-state index contributed by atoms with van der Waals surface area (Å²) in [5, 5.41) is 9.31. The fourth-order valence-electron chi connectivity index (χ4n) is 3.25. The summed E-state index contributed by atoms with van der Waals surface area (Å²) < 4.78 is 1.09. The smallest absolute Gasteiger partial charge is 0.341 e. The lowest BCUT2D eigenvalue weighted by Crippen LogP contribution is -2.47. The van der Waals surface area contributed by atoms with Gasteiger partial charge in [0.1, 0.15) is 17.2 Å². The number of rotatable bonds is 3. The van der Waals surface area contributed by atoms with Gasteiger partial charge in [-0.05, 0) is 24.3 Å². The van der Waals surface area contributed by atoms with Crippen molar-refractivity contribution in [2.45, 2.75) is 0 Å². The summed E-state index contributed by atoms with van der Waals surface area (Å²) in [5.74, 6) is 6.21. The molecule has 9 nitrogen and oxygen atoms in total. The Bertz CT molecular complexity index is 1060. The van der Waals surface area contributed by atoms with Crippen LogP contribution in [-0.2, 0) is 0 Å². The first-order chi connectivity index (χ1) is 13.0. The highest BCUT2D eigenvalue weighted by atomic mass is 16.4. The first-order valence-corrected chi connectivity index (χ1v) is 8.50. The first kappa shape index (κ1) is 16.8. The second-order valence-electron chi connectivity index (χ2n) is 6.29. The molecule has 1 saturated heterocycles. The van der Waals surface area contributed by atoms with Crippen molar-refractivity contribution in [2.24, 2.45) is 0 Å². The van der Waals surface area contributed by atoms with Gasteiger partial charge in [0.25, 0.3) is 0 Å². The van der Waals surface area contributed by atoms with Crippen LogP contribution in [0.5, 0.6) is 0 Å². The Hall–Kier alpha value is -3.62. The molecular formula is C18H18N6O3. The zero-order valence-corrected chi connectivity index (χ0v) is 14.4. The van der Waals surface area contributed by atoms with Gasteiger partial charge in [0.2, 0.25) is 5.43 Å². The lowest BCUT2D eigenvalue weighted by molar-refractivity contribution is 0.0695. The van der Waals surface area contributed by atoms with E-state index in [0.29, 0.717) is 5.82 Å². The van der Waals surface area contributed by atoms with E-state index in [1.54, 1.807) is 18.3 Å². The van der Waals surface area contributed by atoms with E-state index in [1.165, 1.54) is 0 Å². The van der Waals surface area contributed by atoms with Gasteiger partial charge in [0, 0.05) is 38.6 Å². The number of carbonyl (C=O) groups is 1. The average molecular weight is 366 g/mol. The minimum atomic E-state index is -1.31. The molecule has 0 aliphatic carbocycles. The third kappa shape index (κ3) is 3.03. The van der Waals surface area contributed by atoms with Crippen LogP contribution in [0.3, 0.4) is 0 Å². The topological polar surface area (TPSA) is 118 Å². The van der Waals surface area contributed by atoms with Gasteiger partial charge in [0.05, 0.1) is 5.39 Å². The van der Waals surface area contributed by atoms with Gasteiger partial charge >= 0.3 is 5.97 Å². The third-order valence-corrected chi connectivity index (χ3v) is 4.67. The molecule has 0 spiro atoms. The van der Waals surface area contributed by atoms with Crippen LogP contribution in [0, 0.1) is 0 Å². The van der Waals surface area contributed by atoms with Crippen molar-refractivity contribution in [1.82, 2.24) is 14.6 Å². The molecule has 138 valence electrons. The number of nitrogens with zero attached hydrogens (tertiary/aromatic N) is 5. The molecule has 9 heteroatoms. The van der Waals surface area contributed by atoms with E-state index < -0.39 is 11.4 Å². The number of hydrogen-bond donors (Lipinski definition) is 2. The molecule has 1 fully saturated rings. The summed E-state index contributed by atoms with van der Waals surface area (Å²) in [6.45, 7) is 3.09. The van der Waals surface area contributed by atoms with Crippen LogP contribution in [0.25, 0.3) is 11.0 Å². The lowest BCUT2D eigenvalue weighted by atomic mass is 10.2. The number of fused-ring (bicyclic) bond motifs is 1. The number of piperazine rings is 1. The molecule has 0 atom stereocenters. The Morgan fingerprint density at radius 1 is 1.04 bits per heavy atom. The van der Waals surface area contributed by atoms with Gasteiger partial charge in [-0.1, -0.05) is 6.07 Å². The molecule has 3 N–H and O–H groups in total. The molecule has 0 unspecified atom stereocenters. The monoisotopic (exact) mass is 366 g/mol. The quantitative estimate of drug-likeness (QED) is 0.645. The second kappa shape index (κ2) is 6.60. The summed E-state index contributed by atoms with van der Waals surface area (Å²) in [6.07, 6.45) is 2.88. The summed E-state index contributed by atoms with van der Waals surface area (Å²) in [4.78, 5) is 36.6. The van der Waals surface area contributed by atoms with Crippen molar-refractivity contribution in [2.75, 3.05) is 41.8 Å². The summed E-state index contributed by atoms with van der Waals surface area (Å²) in [6, 6.07) is 9.15. The molecular weight excluding hydrogens is 348 g/mol. The number of carboxylic acids is 1. The molecule has 4 heterocycles. The van der Waals surface area contributed by atoms with Crippen molar-refractivity contribution < 1.29 is 9.90 Å². The zero-order chi connectivity index (χ0) is 19.0. The van der Waals surface area contributed by atoms with Crippen LogP contribution >= 0.6 is 0 Å². The summed E-state index contributed by atoms with van der Waals surface area (Å²) >= 11 is 0. The van der Waals surface area contributed by atoms with Crippen LogP contribution in [0.4, 0.5) is 11.6 Å². The van der Waals surface area contributed by atoms with E-state index in [9.17, 15) is 9.59 Å². The molecule has 0 radical (unpaired) electrons. The fraction of sp³-hybridized carbons (Fsp3) is 0.222. The van der Waals surface area contributed by atoms with Gasteiger partial charge in [0.15, 0.2) is 5.65 Å². The van der Waals surface area contributed by atoms with E-state index in [-0.39, 0.29) is 16.6 Å². The molecule has 0 aromatic carbocycles. The number of nitrogens with two attached hydrogens (primary N) is 1. The predicted molar refractivity (Wildman–Crippen MR) is 102 cm³/mol. The van der Waals surface area contributed by atoms with Gasteiger partial charge in [-0.15, -0.1) is 0 Å². The molecule has 27 heavy (non-hydrogen) atoms. The van der Waals surface area contributed by atoms with E-state index in [1.807, 2.05) is 18.2 Å². The zero-order valence-electron chi connectivity index (χ0n) is 14.4. The Kier molecular flexibility index (Phi) is 4.11. The summed E-state index contributed by atoms with van der Waals surface area (Å²) in [5.41, 5.74) is -0.698. The molecule has 4 rings (SSSR count). The standard InChI is InChI=1S/C18H18N6O3/c19-24-11-13(18(26)27)16(25)12-4-5-15(21-17(12)24)23-9-7-22(8-10-23)14-3-1-2-6-20-14/h1-6,11H,7-10,19H2,(H,26,27). The molecule has 3 aromatic heterocycles. The highest BCUT2D eigenvalue weighted by molar-refractivity contribution is 5.92. The number of anilines is 2. The molecule has 1 aliphatic heterocycles. The summed E-state index contributed by atoms with van der Waals surface area (Å²) in [7, 11) is 0. The van der Waals surface area contributed by atoms with E-state index in [0.717, 1.165) is 42.9 Å². The Balaban J connectivity index is 1.60. The van der Waals surface area contributed by atoms with Crippen molar-refractivity contribution in [3.63, 3.8) is 0 Å². The van der Waals surface area contributed by atoms with E-state index in [2.05, 4.69) is 19.8 Å². The molecule has 1 aliphatic rings. The van der Waals surface area contributed by atoms with Crippen molar-refractivity contribution in [3.05, 3.63) is 58.5 Å². The average Bonchev–Trinajstić information content (AvgIpc) is 2.71. The number of nitrogen functional groups attached to an aromatic ring is 1. The number of aromatic carboxylic acids is 1. The normalized spacial score (nSPS) is 14.5. The number of hydrogen-bond acceptors (Lipinski definition) is 7. The van der Waals surface area contributed by atoms with Crippen molar-refractivity contribution >= 4 is 28.6 Å². The number of aromatic nitrogens is 3. The van der Waals surface area contributed by atoms with Crippen LogP contribution in [0.1, 0.15) is 10.4 Å². The van der Waals surface area contributed by atoms with Gasteiger partial charge in [-0.2, -0.15) is 0 Å². The SMILES string of the molecule is Nn1cc(C(=O)O)c(=O)c2ccc(N3CCN(c4ccccn4)CC3)nc21. The largest absolute Gasteiger partial charge is 0.477 e. The maximum absolute atomic E-state index is 12.3. The minimum Gasteiger partial charge on any atom is -0.477 e. The maximum atomic E-state index is 12.3. The highest BCUT2D eigenvalue weighted by Crippen LogP contribution is 2.19. The third-order valence-electron chi connectivity index (χ3n) is 4.67. The molecule has 0 amide bonds. The Morgan fingerprint density at radius 3 is 2.37 bits per heavy atom.